The van der Waals surface area contributed by atoms with Crippen LogP contribution in [0.5, 0.6) is 0 Å². The summed E-state index contributed by atoms with van der Waals surface area (Å²) in [6.07, 6.45) is -5.52. The highest BCUT2D eigenvalue weighted by atomic mass is 16.5. The van der Waals surface area contributed by atoms with Gasteiger partial charge in [0.1, 0.15) is 72.6 Å². The summed E-state index contributed by atoms with van der Waals surface area (Å²) in [5.74, 6) is -20.1. The molecule has 1 fully saturated rings. The van der Waals surface area contributed by atoms with Crippen LogP contribution in [0, 0.1) is 17.8 Å². The maximum atomic E-state index is 14.9. The van der Waals surface area contributed by atoms with E-state index < -0.39 is 225 Å². The van der Waals surface area contributed by atoms with Crippen molar-refractivity contribution < 1.29 is 102 Å². The van der Waals surface area contributed by atoms with E-state index in [0.717, 1.165) is 4.90 Å². The van der Waals surface area contributed by atoms with Gasteiger partial charge in [-0.1, -0.05) is 96.5 Å². The molecule has 38 heteroatoms. The number of ether oxygens (including phenoxy) is 1. The molecule has 1 saturated heterocycles. The number of nitrogens with one attached hydrogen (secondary N) is 12. The van der Waals surface area contributed by atoms with Crippen LogP contribution < -0.4 is 81.4 Å². The van der Waals surface area contributed by atoms with Crippen LogP contribution in [-0.2, 0) is 94.3 Å². The van der Waals surface area contributed by atoms with E-state index in [9.17, 15) is 97.1 Å². The van der Waals surface area contributed by atoms with Gasteiger partial charge in [0.2, 0.25) is 82.7 Å². The molecular formula is C72H109N17O21. The lowest BCUT2D eigenvalue weighted by atomic mass is 9.99. The largest absolute Gasteiger partial charge is 0.481 e. The number of nitrogens with zero attached hydrogens (tertiary/aromatic N) is 1. The minimum Gasteiger partial charge on any atom is -0.481 e. The lowest BCUT2D eigenvalue weighted by Crippen LogP contribution is -2.63. The molecular weight excluding hydrogens is 1440 g/mol. The van der Waals surface area contributed by atoms with Crippen LogP contribution in [-0.4, -0.2) is 244 Å². The number of carbonyl (C=O) groups is 16. The number of aromatic amines is 1. The molecule has 3 aromatic rings. The molecule has 0 radical (unpaired) electrons. The van der Waals surface area contributed by atoms with Crippen molar-refractivity contribution in [1.82, 2.24) is 68.4 Å². The second kappa shape index (κ2) is 46.0. The second-order valence-electron chi connectivity index (χ2n) is 28.2. The quantitative estimate of drug-likeness (QED) is 0.0334. The van der Waals surface area contributed by atoms with Gasteiger partial charge in [-0.2, -0.15) is 0 Å². The number of primary amides is 2. The molecule has 2 heterocycles. The van der Waals surface area contributed by atoms with Crippen molar-refractivity contribution in [1.29, 1.82) is 0 Å². The first-order valence-corrected chi connectivity index (χ1v) is 36.5. The van der Waals surface area contributed by atoms with Crippen LogP contribution in [0.2, 0.25) is 0 Å². The van der Waals surface area contributed by atoms with Gasteiger partial charge in [0.05, 0.1) is 32.6 Å². The Balaban J connectivity index is 1.90. The van der Waals surface area contributed by atoms with Gasteiger partial charge in [0.15, 0.2) is 6.10 Å². The summed E-state index contributed by atoms with van der Waals surface area (Å²) in [5, 5.41) is 68.5. The Morgan fingerprint density at radius 1 is 0.545 bits per heavy atom. The number of hydrogen-bond donors (Lipinski definition) is 20. The smallest absolute Gasteiger partial charge is 0.329 e. The number of para-hydroxylation sites is 1. The molecule has 13 atom stereocenters. The lowest BCUT2D eigenvalue weighted by molar-refractivity contribution is -0.156. The molecule has 14 amide bonds. The van der Waals surface area contributed by atoms with Crippen LogP contribution in [0.3, 0.4) is 0 Å². The average molecular weight is 1550 g/mol. The maximum absolute atomic E-state index is 14.9. The monoisotopic (exact) mass is 1550 g/mol. The molecule has 2 aromatic carbocycles. The summed E-state index contributed by atoms with van der Waals surface area (Å²) in [7, 11) is 1.19. The Hall–Kier alpha value is -10.7. The van der Waals surface area contributed by atoms with Crippen molar-refractivity contribution in [2.24, 2.45) is 40.7 Å². The van der Waals surface area contributed by atoms with Crippen molar-refractivity contribution >= 4 is 106 Å². The number of cyclic esters (lactones) is 1. The zero-order valence-electron chi connectivity index (χ0n) is 62.9. The normalized spacial score (nSPS) is 24.2. The van der Waals surface area contributed by atoms with Crippen molar-refractivity contribution in [3.8, 4) is 0 Å². The third-order valence-electron chi connectivity index (χ3n) is 18.0. The minimum absolute atomic E-state index is 0.00990. The van der Waals surface area contributed by atoms with Gasteiger partial charge < -0.3 is 116 Å². The number of benzene rings is 2. The van der Waals surface area contributed by atoms with E-state index in [2.05, 4.69) is 52.8 Å². The van der Waals surface area contributed by atoms with Gasteiger partial charge in [-0.05, 0) is 99.4 Å². The molecule has 0 unspecified atom stereocenters. The summed E-state index contributed by atoms with van der Waals surface area (Å²) in [6, 6.07) is -4.52. The topological polar surface area (TPSA) is 619 Å². The number of nitrogens with two attached hydrogens (primary N) is 4. The number of esters is 1. The number of hydrogen-bond acceptors (Lipinski definition) is 22. The zero-order chi connectivity index (χ0) is 82.1. The summed E-state index contributed by atoms with van der Waals surface area (Å²) in [4.78, 5) is 228. The molecule has 1 aromatic heterocycles. The van der Waals surface area contributed by atoms with Gasteiger partial charge in [-0.3, -0.25) is 71.9 Å². The van der Waals surface area contributed by atoms with Crippen LogP contribution in [0.4, 0.5) is 0 Å². The number of carboxylic acid groups (broad SMARTS) is 1. The van der Waals surface area contributed by atoms with Crippen molar-refractivity contribution in [3.05, 3.63) is 71.9 Å². The molecule has 608 valence electrons. The number of aliphatic carboxylic acids is 1. The fourth-order valence-corrected chi connectivity index (χ4v) is 11.8. The van der Waals surface area contributed by atoms with E-state index in [1.807, 2.05) is 24.5 Å². The van der Waals surface area contributed by atoms with E-state index in [4.69, 9.17) is 27.7 Å². The predicted octanol–water partition coefficient (Wildman–Crippen LogP) is -5.36. The molecule has 0 saturated carbocycles. The van der Waals surface area contributed by atoms with Crippen molar-refractivity contribution in [2.75, 3.05) is 39.9 Å². The fourth-order valence-electron chi connectivity index (χ4n) is 11.8. The number of H-pyrrole nitrogens is 1. The number of amides is 14. The number of fused-ring (bicyclic) bond motifs is 1. The number of rotatable bonds is 26. The highest BCUT2D eigenvalue weighted by Crippen LogP contribution is 2.22. The lowest BCUT2D eigenvalue weighted by Gasteiger charge is -2.31. The summed E-state index contributed by atoms with van der Waals surface area (Å²) in [5.41, 5.74) is 24.3. The average Bonchev–Trinajstić information content (AvgIpc) is 1.54. The molecule has 38 nitrogen and oxygen atoms in total. The van der Waals surface area contributed by atoms with E-state index in [0.29, 0.717) is 34.9 Å². The summed E-state index contributed by atoms with van der Waals surface area (Å²) < 4.78 is 5.92. The van der Waals surface area contributed by atoms with Crippen LogP contribution in [0.1, 0.15) is 130 Å². The van der Waals surface area contributed by atoms with E-state index in [1.54, 1.807) is 88.5 Å². The first kappa shape index (κ1) is 91.7. The number of carboxylic acids is 1. The van der Waals surface area contributed by atoms with Crippen LogP contribution in [0.25, 0.3) is 10.9 Å². The van der Waals surface area contributed by atoms with E-state index in [-0.39, 0.29) is 76.3 Å². The molecule has 1 aliphatic heterocycles. The molecule has 1 aliphatic rings. The SMILES string of the molecule is CC(C)CCC[C@@H]1CC(=O)N[C@H](CO)C(=O)N[C@@H]([C@@H](O)C(N)=O)C(=O)N[C@H](CO)C(=O)NCC(=O)N(C)[C@@H](Cc2ccccc2)C(=O)N[C@@H](CC(C)C)C(=O)N[C@@H](CCCN)C(=O)N[C@H](CCC(=O)O)C(=O)N[C@H](CC(N)=O)C(=O)N[C@@H](Cc2c[nH]c3ccccc23)C(=O)N[C@H](CCCN)C(=O)N[C@H](C(C)C)C(=O)O1. The second-order valence-corrected chi connectivity index (χ2v) is 28.2. The summed E-state index contributed by atoms with van der Waals surface area (Å²) >= 11 is 0. The standard InChI is InChI=1S/C72H109N17O21/c1-37(2)16-13-19-42-31-55(93)79-52(36-91)69(106)88-59(60(97)61(76)98)71(108)86-51(35-90)62(99)78-34-56(94)89(7)53(29-40-17-9-8-10-18-40)70(107)85-48(28-38(3)4)66(103)80-45(22-14-26-73)63(100)82-47(24-25-57(95)96)64(101)84-50(32-54(75)92)68(105)83-49(30-41-33-77-44-21-12-11-20-43(41)44)67(104)81-46(23-15-27-74)65(102)87-58(39(5)6)72(109)110-42/h8-12,17-18,20-21,33,37-39,42,45-53,58-60,77,90-91,97H,13-16,19,22-32,34-36,73-74H2,1-7H3,(H2,75,92)(H2,76,98)(H,78,99)(H,79,93)(H,80,103)(H,81,104)(H,82,100)(H,83,105)(H,84,101)(H,85,107)(H,86,108)(H,87,102)(H,88,106)(H,95,96)/t42-,45+,46-,47-,48+,49+,50-,51-,52-,53+,58-,59+,60-/m1/s1. The summed E-state index contributed by atoms with van der Waals surface area (Å²) in [6.45, 7) is 6.83. The molecule has 0 bridgehead atoms. The number of carbonyl (C=O) groups excluding carboxylic acids is 15. The molecule has 0 aliphatic carbocycles. The van der Waals surface area contributed by atoms with Crippen LogP contribution >= 0.6 is 0 Å². The zero-order valence-corrected chi connectivity index (χ0v) is 62.9. The van der Waals surface area contributed by atoms with Gasteiger partial charge in [-0.25, -0.2) is 4.79 Å². The predicted molar refractivity (Wildman–Crippen MR) is 395 cm³/mol. The van der Waals surface area contributed by atoms with E-state index >= 15 is 0 Å². The Kier molecular flexibility index (Phi) is 38.3. The first-order chi connectivity index (χ1) is 52.0. The van der Waals surface area contributed by atoms with Crippen molar-refractivity contribution in [3.63, 3.8) is 0 Å². The number of aromatic nitrogens is 1. The number of aliphatic hydroxyl groups is 3. The number of aliphatic hydroxyl groups excluding tert-OH is 3. The minimum atomic E-state index is -2.59. The first-order valence-electron chi connectivity index (χ1n) is 36.5. The Morgan fingerprint density at radius 2 is 1.05 bits per heavy atom. The van der Waals surface area contributed by atoms with Gasteiger partial charge in [-0.15, -0.1) is 0 Å². The van der Waals surface area contributed by atoms with Gasteiger partial charge in [0, 0.05) is 43.4 Å². The number of likely N-dealkylation sites (N-methyl/N-ethyl adjacent to an activating group) is 1. The van der Waals surface area contributed by atoms with Crippen LogP contribution in [0.15, 0.2) is 60.8 Å². The van der Waals surface area contributed by atoms with Gasteiger partial charge >= 0.3 is 11.9 Å². The molecule has 0 spiro atoms. The van der Waals surface area contributed by atoms with Crippen molar-refractivity contribution in [2.45, 2.75) is 210 Å². The third-order valence-corrected chi connectivity index (χ3v) is 18.0. The Bertz CT molecular complexity index is 3670. The molecule has 4 rings (SSSR count). The fraction of sp³-hybridized carbons (Fsp3) is 0.583. The Labute approximate surface area is 636 Å². The highest BCUT2D eigenvalue weighted by Gasteiger charge is 2.41. The molecule has 24 N–H and O–H groups in total. The Morgan fingerprint density at radius 3 is 1.60 bits per heavy atom. The highest BCUT2D eigenvalue weighted by molar-refractivity contribution is 6.01. The van der Waals surface area contributed by atoms with E-state index in [1.165, 1.54) is 7.05 Å². The maximum Gasteiger partial charge on any atom is 0.329 e. The third kappa shape index (κ3) is 30.0. The van der Waals surface area contributed by atoms with Gasteiger partial charge in [0.25, 0.3) is 0 Å². The molecule has 110 heavy (non-hydrogen) atoms.